The second-order valence-electron chi connectivity index (χ2n) is 6.60. The summed E-state index contributed by atoms with van der Waals surface area (Å²) < 4.78 is 0. The second kappa shape index (κ2) is 6.68. The Morgan fingerprint density at radius 1 is 1.20 bits per heavy atom. The average Bonchev–Trinajstić information content (AvgIpc) is 2.84. The van der Waals surface area contributed by atoms with Gasteiger partial charge in [0.05, 0.1) is 16.1 Å². The Morgan fingerprint density at radius 2 is 1.85 bits per heavy atom. The zero-order chi connectivity index (χ0) is 14.8. The van der Waals surface area contributed by atoms with Crippen LogP contribution in [0.2, 0.25) is 10.0 Å². The van der Waals surface area contributed by atoms with Crippen LogP contribution in [0.15, 0.2) is 18.2 Å². The molecule has 0 aromatic heterocycles. The molecule has 1 saturated carbocycles. The predicted molar refractivity (Wildman–Crippen MR) is 86.5 cm³/mol. The van der Waals surface area contributed by atoms with Gasteiger partial charge in [0, 0.05) is 6.42 Å². The minimum absolute atomic E-state index is 0.0693. The third kappa shape index (κ3) is 3.50. The van der Waals surface area contributed by atoms with Gasteiger partial charge in [-0.15, -0.1) is 0 Å². The van der Waals surface area contributed by atoms with Gasteiger partial charge >= 0.3 is 0 Å². The molecule has 2 rings (SSSR count). The Morgan fingerprint density at radius 3 is 2.45 bits per heavy atom. The van der Waals surface area contributed by atoms with E-state index in [9.17, 15) is 5.11 Å². The summed E-state index contributed by atoms with van der Waals surface area (Å²) in [5, 5.41) is 12.0. The van der Waals surface area contributed by atoms with E-state index in [0.29, 0.717) is 22.4 Å². The molecule has 1 aromatic carbocycles. The van der Waals surface area contributed by atoms with E-state index in [1.54, 1.807) is 6.07 Å². The Kier molecular flexibility index (Phi) is 5.39. The molecule has 0 bridgehead atoms. The molecule has 0 heterocycles. The number of hydrogen-bond donors (Lipinski definition) is 1. The summed E-state index contributed by atoms with van der Waals surface area (Å²) in [6.07, 6.45) is 6.08. The summed E-state index contributed by atoms with van der Waals surface area (Å²) >= 11 is 12.3. The molecule has 0 aliphatic heterocycles. The van der Waals surface area contributed by atoms with Crippen LogP contribution in [0.5, 0.6) is 0 Å². The quantitative estimate of drug-likeness (QED) is 0.760. The molecule has 1 N–H and O–H groups in total. The van der Waals surface area contributed by atoms with Crippen LogP contribution in [0.1, 0.15) is 51.5 Å². The fraction of sp³-hybridized carbons (Fsp3) is 0.647. The fourth-order valence-corrected chi connectivity index (χ4v) is 4.09. The van der Waals surface area contributed by atoms with Crippen molar-refractivity contribution in [3.05, 3.63) is 33.8 Å². The minimum atomic E-state index is -0.330. The molecule has 20 heavy (non-hydrogen) atoms. The molecule has 3 heteroatoms. The van der Waals surface area contributed by atoms with E-state index in [-0.39, 0.29) is 11.5 Å². The SMILES string of the molecule is CC(C)CC1(C(O)Cc2cccc(Cl)c2Cl)CCCC1. The maximum atomic E-state index is 10.8. The number of aliphatic hydroxyl groups is 1. The van der Waals surface area contributed by atoms with E-state index < -0.39 is 0 Å². The highest BCUT2D eigenvalue weighted by Crippen LogP contribution is 2.47. The first kappa shape index (κ1) is 16.1. The van der Waals surface area contributed by atoms with Crippen molar-refractivity contribution in [2.75, 3.05) is 0 Å². The lowest BCUT2D eigenvalue weighted by Gasteiger charge is -2.36. The van der Waals surface area contributed by atoms with E-state index >= 15 is 0 Å². The third-order valence-electron chi connectivity index (χ3n) is 4.57. The number of aliphatic hydroxyl groups excluding tert-OH is 1. The van der Waals surface area contributed by atoms with Crippen LogP contribution in [0.25, 0.3) is 0 Å². The van der Waals surface area contributed by atoms with Gasteiger partial charge in [-0.2, -0.15) is 0 Å². The molecule has 0 saturated heterocycles. The maximum absolute atomic E-state index is 10.8. The van der Waals surface area contributed by atoms with Crippen molar-refractivity contribution in [1.29, 1.82) is 0 Å². The fourth-order valence-electron chi connectivity index (χ4n) is 3.70. The lowest BCUT2D eigenvalue weighted by molar-refractivity contribution is 0.0134. The summed E-state index contributed by atoms with van der Waals surface area (Å²) in [5.74, 6) is 0.609. The van der Waals surface area contributed by atoms with Crippen LogP contribution in [0.4, 0.5) is 0 Å². The van der Waals surface area contributed by atoms with E-state index in [0.717, 1.165) is 24.8 Å². The number of halogens is 2. The molecule has 0 spiro atoms. The largest absolute Gasteiger partial charge is 0.392 e. The summed E-state index contributed by atoms with van der Waals surface area (Å²) in [7, 11) is 0. The van der Waals surface area contributed by atoms with Crippen molar-refractivity contribution >= 4 is 23.2 Å². The molecule has 1 aromatic rings. The van der Waals surface area contributed by atoms with Gasteiger partial charge in [-0.3, -0.25) is 0 Å². The zero-order valence-corrected chi connectivity index (χ0v) is 13.8. The van der Waals surface area contributed by atoms with Crippen molar-refractivity contribution in [1.82, 2.24) is 0 Å². The highest BCUT2D eigenvalue weighted by Gasteiger charge is 2.40. The smallest absolute Gasteiger partial charge is 0.0637 e. The topological polar surface area (TPSA) is 20.2 Å². The summed E-state index contributed by atoms with van der Waals surface area (Å²) in [5.41, 5.74) is 1.03. The van der Waals surface area contributed by atoms with Crippen molar-refractivity contribution in [3.63, 3.8) is 0 Å². The summed E-state index contributed by atoms with van der Waals surface area (Å²) in [6.45, 7) is 4.47. The van der Waals surface area contributed by atoms with Gasteiger partial charge in [-0.1, -0.05) is 62.0 Å². The average molecular weight is 315 g/mol. The molecular formula is C17H24Cl2O. The van der Waals surface area contributed by atoms with Gasteiger partial charge in [0.1, 0.15) is 0 Å². The van der Waals surface area contributed by atoms with Crippen LogP contribution >= 0.6 is 23.2 Å². The van der Waals surface area contributed by atoms with Gasteiger partial charge < -0.3 is 5.11 Å². The zero-order valence-electron chi connectivity index (χ0n) is 12.3. The first-order valence-electron chi connectivity index (χ1n) is 7.55. The van der Waals surface area contributed by atoms with Crippen molar-refractivity contribution in [2.45, 2.75) is 58.5 Å². The van der Waals surface area contributed by atoms with Crippen molar-refractivity contribution in [3.8, 4) is 0 Å². The third-order valence-corrected chi connectivity index (χ3v) is 5.42. The van der Waals surface area contributed by atoms with Crippen LogP contribution in [-0.2, 0) is 6.42 Å². The summed E-state index contributed by atoms with van der Waals surface area (Å²) in [6, 6.07) is 5.66. The van der Waals surface area contributed by atoms with E-state index in [1.807, 2.05) is 12.1 Å². The molecule has 1 aliphatic carbocycles. The molecule has 112 valence electrons. The Labute approximate surface area is 132 Å². The highest BCUT2D eigenvalue weighted by atomic mass is 35.5. The van der Waals surface area contributed by atoms with Crippen LogP contribution in [0, 0.1) is 11.3 Å². The van der Waals surface area contributed by atoms with Gasteiger partial charge in [-0.25, -0.2) is 0 Å². The van der Waals surface area contributed by atoms with Crippen LogP contribution in [-0.4, -0.2) is 11.2 Å². The highest BCUT2D eigenvalue weighted by molar-refractivity contribution is 6.42. The monoisotopic (exact) mass is 314 g/mol. The molecular weight excluding hydrogens is 291 g/mol. The van der Waals surface area contributed by atoms with Gasteiger partial charge in [0.15, 0.2) is 0 Å². The van der Waals surface area contributed by atoms with E-state index in [2.05, 4.69) is 13.8 Å². The van der Waals surface area contributed by atoms with Gasteiger partial charge in [-0.05, 0) is 42.2 Å². The standard InChI is InChI=1S/C17H24Cl2O/c1-12(2)11-17(8-3-4-9-17)15(20)10-13-6-5-7-14(18)16(13)19/h5-7,12,15,20H,3-4,8-11H2,1-2H3. The minimum Gasteiger partial charge on any atom is -0.392 e. The molecule has 0 radical (unpaired) electrons. The molecule has 1 aliphatic rings. The maximum Gasteiger partial charge on any atom is 0.0637 e. The summed E-state index contributed by atoms with van der Waals surface area (Å²) in [4.78, 5) is 0. The lowest BCUT2D eigenvalue weighted by atomic mass is 9.72. The molecule has 1 fully saturated rings. The molecule has 1 atom stereocenters. The van der Waals surface area contributed by atoms with E-state index in [4.69, 9.17) is 23.2 Å². The van der Waals surface area contributed by atoms with Crippen molar-refractivity contribution in [2.24, 2.45) is 11.3 Å². The first-order valence-corrected chi connectivity index (χ1v) is 8.31. The number of hydrogen-bond acceptors (Lipinski definition) is 1. The Bertz CT molecular complexity index is 450. The normalized spacial score (nSPS) is 19.5. The Hall–Kier alpha value is -0.240. The van der Waals surface area contributed by atoms with E-state index in [1.165, 1.54) is 12.8 Å². The number of benzene rings is 1. The molecule has 1 unspecified atom stereocenters. The van der Waals surface area contributed by atoms with Crippen LogP contribution in [0.3, 0.4) is 0 Å². The first-order chi connectivity index (χ1) is 9.44. The number of rotatable bonds is 5. The van der Waals surface area contributed by atoms with Gasteiger partial charge in [0.25, 0.3) is 0 Å². The lowest BCUT2D eigenvalue weighted by Crippen LogP contribution is -2.35. The molecule has 1 nitrogen and oxygen atoms in total. The molecule has 0 amide bonds. The Balaban J connectivity index is 2.16. The van der Waals surface area contributed by atoms with Crippen LogP contribution < -0.4 is 0 Å². The van der Waals surface area contributed by atoms with Gasteiger partial charge in [0.2, 0.25) is 0 Å². The second-order valence-corrected chi connectivity index (χ2v) is 7.39. The van der Waals surface area contributed by atoms with Crippen molar-refractivity contribution < 1.29 is 5.11 Å². The predicted octanol–water partition coefficient (Wildman–Crippen LogP) is 5.50.